The minimum atomic E-state index is -4.32. The molecule has 1 heterocycles. The third-order valence-electron chi connectivity index (χ3n) is 5.89. The van der Waals surface area contributed by atoms with E-state index in [4.69, 9.17) is 4.74 Å². The Morgan fingerprint density at radius 2 is 1.57 bits per heavy atom. The van der Waals surface area contributed by atoms with Crippen molar-refractivity contribution in [3.05, 3.63) is 102 Å². The van der Waals surface area contributed by atoms with Crippen LogP contribution < -0.4 is 0 Å². The number of hydrogen-bond acceptors (Lipinski definition) is 6. The summed E-state index contributed by atoms with van der Waals surface area (Å²) in [7, 11) is -4.32. The lowest BCUT2D eigenvalue weighted by Gasteiger charge is -2.24. The van der Waals surface area contributed by atoms with Gasteiger partial charge in [0.15, 0.2) is 0 Å². The Kier molecular flexibility index (Phi) is 7.12. The fourth-order valence-electron chi connectivity index (χ4n) is 4.15. The van der Waals surface area contributed by atoms with Crippen LogP contribution in [0, 0.1) is 12.8 Å². The van der Waals surface area contributed by atoms with Gasteiger partial charge in [-0.1, -0.05) is 78.4 Å². The van der Waals surface area contributed by atoms with Gasteiger partial charge in [0.1, 0.15) is 5.92 Å². The van der Waals surface area contributed by atoms with Gasteiger partial charge in [0.25, 0.3) is 15.9 Å². The summed E-state index contributed by atoms with van der Waals surface area (Å²) in [5.41, 5.74) is 2.30. The van der Waals surface area contributed by atoms with Crippen LogP contribution >= 0.6 is 0 Å². The molecular formula is C27H26N2O5S. The summed E-state index contributed by atoms with van der Waals surface area (Å²) in [6.07, 6.45) is -0.238. The Balaban J connectivity index is 1.94. The van der Waals surface area contributed by atoms with Crippen LogP contribution in [-0.4, -0.2) is 37.0 Å². The summed E-state index contributed by atoms with van der Waals surface area (Å²) in [4.78, 5) is 26.7. The molecule has 180 valence electrons. The van der Waals surface area contributed by atoms with Gasteiger partial charge in [-0.25, -0.2) is 0 Å². The Labute approximate surface area is 205 Å². The number of aryl methyl sites for hydroxylation is 1. The van der Waals surface area contributed by atoms with Gasteiger partial charge in [-0.2, -0.15) is 13.5 Å². The number of esters is 1. The van der Waals surface area contributed by atoms with Crippen molar-refractivity contribution < 1.29 is 22.7 Å². The number of ether oxygens (including phenoxy) is 1. The maximum Gasteiger partial charge on any atom is 0.315 e. The number of rotatable bonds is 6. The van der Waals surface area contributed by atoms with Gasteiger partial charge in [-0.3, -0.25) is 9.59 Å². The van der Waals surface area contributed by atoms with Gasteiger partial charge in [-0.15, -0.1) is 4.41 Å². The third kappa shape index (κ3) is 5.02. The Morgan fingerprint density at radius 3 is 2.17 bits per heavy atom. The number of benzene rings is 3. The molecule has 3 aromatic rings. The summed E-state index contributed by atoms with van der Waals surface area (Å²) in [5.74, 6) is -2.94. The van der Waals surface area contributed by atoms with Crippen LogP contribution in [0.1, 0.15) is 36.0 Å². The van der Waals surface area contributed by atoms with Gasteiger partial charge in [-0.05, 0) is 37.1 Å². The lowest BCUT2D eigenvalue weighted by atomic mass is 9.79. The van der Waals surface area contributed by atoms with Crippen LogP contribution in [0.4, 0.5) is 0 Å². The highest BCUT2D eigenvalue weighted by Gasteiger charge is 2.44. The van der Waals surface area contributed by atoms with Crippen LogP contribution in [-0.2, 0) is 24.3 Å². The highest BCUT2D eigenvalue weighted by atomic mass is 32.2. The summed E-state index contributed by atoms with van der Waals surface area (Å²) in [6.45, 7) is 3.68. The molecule has 0 saturated heterocycles. The van der Waals surface area contributed by atoms with Crippen LogP contribution in [0.15, 0.2) is 94.9 Å². The molecule has 1 aliphatic heterocycles. The fourth-order valence-corrected chi connectivity index (χ4v) is 5.37. The normalized spacial score (nSPS) is 18.5. The Bertz CT molecular complexity index is 1340. The van der Waals surface area contributed by atoms with E-state index in [-0.39, 0.29) is 23.6 Å². The van der Waals surface area contributed by atoms with Gasteiger partial charge >= 0.3 is 5.97 Å². The largest absolute Gasteiger partial charge is 0.465 e. The molecule has 8 heteroatoms. The number of carbonyl (C=O) groups excluding carboxylic acids is 2. The maximum atomic E-state index is 13.6. The van der Waals surface area contributed by atoms with E-state index in [1.54, 1.807) is 49.4 Å². The SMILES string of the molecule is CCOC(=O)[C@H]1C(c2ccccc2)=NN(S(=O)(=O)c2ccc(C)cc2)C(=O)C[C@@H]1c1ccccc1. The first-order valence-electron chi connectivity index (χ1n) is 11.3. The van der Waals surface area contributed by atoms with E-state index in [0.717, 1.165) is 11.1 Å². The van der Waals surface area contributed by atoms with Crippen LogP contribution in [0.25, 0.3) is 0 Å². The number of sulfonamides is 1. The lowest BCUT2D eigenvalue weighted by molar-refractivity contribution is -0.146. The smallest absolute Gasteiger partial charge is 0.315 e. The lowest BCUT2D eigenvalue weighted by Crippen LogP contribution is -2.32. The number of nitrogens with zero attached hydrogens (tertiary/aromatic N) is 2. The van der Waals surface area contributed by atoms with Crippen LogP contribution in [0.5, 0.6) is 0 Å². The molecule has 0 fully saturated rings. The van der Waals surface area contributed by atoms with Gasteiger partial charge in [0, 0.05) is 12.3 Å². The second kappa shape index (κ2) is 10.2. The molecule has 0 saturated carbocycles. The molecule has 4 rings (SSSR count). The maximum absolute atomic E-state index is 13.6. The number of hydrazone groups is 1. The molecule has 3 aromatic carbocycles. The quantitative estimate of drug-likeness (QED) is 0.481. The molecule has 1 amide bonds. The molecular weight excluding hydrogens is 464 g/mol. The van der Waals surface area contributed by atoms with Crippen molar-refractivity contribution in [3.8, 4) is 0 Å². The van der Waals surface area contributed by atoms with Crippen LogP contribution in [0.2, 0.25) is 0 Å². The molecule has 35 heavy (non-hydrogen) atoms. The van der Waals surface area contributed by atoms with Gasteiger partial charge < -0.3 is 4.74 Å². The van der Waals surface area contributed by atoms with E-state index in [1.165, 1.54) is 12.1 Å². The van der Waals surface area contributed by atoms with Crippen molar-refractivity contribution in [3.63, 3.8) is 0 Å². The van der Waals surface area contributed by atoms with E-state index < -0.39 is 33.7 Å². The topological polar surface area (TPSA) is 93.1 Å². The average molecular weight is 491 g/mol. The summed E-state index contributed by atoms with van der Waals surface area (Å²) in [6, 6.07) is 24.1. The Morgan fingerprint density at radius 1 is 0.971 bits per heavy atom. The zero-order chi connectivity index (χ0) is 25.0. The summed E-state index contributed by atoms with van der Waals surface area (Å²) < 4.78 is 33.1. The zero-order valence-corrected chi connectivity index (χ0v) is 20.3. The predicted molar refractivity (Wildman–Crippen MR) is 132 cm³/mol. The average Bonchev–Trinajstić information content (AvgIpc) is 3.02. The number of carbonyl (C=O) groups is 2. The van der Waals surface area contributed by atoms with E-state index in [9.17, 15) is 18.0 Å². The summed E-state index contributed by atoms with van der Waals surface area (Å²) >= 11 is 0. The predicted octanol–water partition coefficient (Wildman–Crippen LogP) is 4.28. The molecule has 0 aromatic heterocycles. The molecule has 7 nitrogen and oxygen atoms in total. The minimum absolute atomic E-state index is 0.0570. The highest BCUT2D eigenvalue weighted by Crippen LogP contribution is 2.37. The second-order valence-corrected chi connectivity index (χ2v) is 10.0. The van der Waals surface area contributed by atoms with Crippen molar-refractivity contribution in [1.82, 2.24) is 4.41 Å². The Hall–Kier alpha value is -3.78. The minimum Gasteiger partial charge on any atom is -0.465 e. The number of amides is 1. The standard InChI is InChI=1S/C27H26N2O5S/c1-3-34-27(31)25-23(20-10-6-4-7-11-20)18-24(30)29(28-26(25)21-12-8-5-9-13-21)35(32,33)22-16-14-19(2)15-17-22/h4-17,23,25H,3,18H2,1-2H3/t23-,25-/m1/s1. The molecule has 0 unspecified atom stereocenters. The van der Waals surface area contributed by atoms with Crippen LogP contribution in [0.3, 0.4) is 0 Å². The fraction of sp³-hybridized carbons (Fsp3) is 0.222. The molecule has 0 bridgehead atoms. The molecule has 0 spiro atoms. The highest BCUT2D eigenvalue weighted by molar-refractivity contribution is 7.89. The van der Waals surface area contributed by atoms with E-state index >= 15 is 0 Å². The summed E-state index contributed by atoms with van der Waals surface area (Å²) in [5, 5.41) is 4.37. The first kappa shape index (κ1) is 24.3. The molecule has 2 atom stereocenters. The van der Waals surface area contributed by atoms with E-state index in [1.807, 2.05) is 37.3 Å². The van der Waals surface area contributed by atoms with Gasteiger partial charge in [0.05, 0.1) is 17.2 Å². The zero-order valence-electron chi connectivity index (χ0n) is 19.5. The van der Waals surface area contributed by atoms with Gasteiger partial charge in [0.2, 0.25) is 0 Å². The third-order valence-corrected chi connectivity index (χ3v) is 7.50. The molecule has 0 aliphatic carbocycles. The first-order chi connectivity index (χ1) is 16.8. The van der Waals surface area contributed by atoms with E-state index in [0.29, 0.717) is 9.98 Å². The first-order valence-corrected chi connectivity index (χ1v) is 12.8. The van der Waals surface area contributed by atoms with E-state index in [2.05, 4.69) is 5.10 Å². The number of hydrogen-bond donors (Lipinski definition) is 0. The van der Waals surface area contributed by atoms with Crippen molar-refractivity contribution in [2.24, 2.45) is 11.0 Å². The van der Waals surface area contributed by atoms with Crippen molar-refractivity contribution in [2.45, 2.75) is 31.1 Å². The van der Waals surface area contributed by atoms with Crippen molar-refractivity contribution in [2.75, 3.05) is 6.61 Å². The van der Waals surface area contributed by atoms with Crippen molar-refractivity contribution >= 4 is 27.6 Å². The molecule has 0 radical (unpaired) electrons. The molecule has 1 aliphatic rings. The monoisotopic (exact) mass is 490 g/mol. The van der Waals surface area contributed by atoms with Crippen molar-refractivity contribution in [1.29, 1.82) is 0 Å². The molecule has 0 N–H and O–H groups in total. The second-order valence-electron chi connectivity index (χ2n) is 8.26.